The van der Waals surface area contributed by atoms with E-state index in [0.717, 1.165) is 0 Å². The zero-order valence-electron chi connectivity index (χ0n) is 8.72. The zero-order chi connectivity index (χ0) is 11.4. The molecule has 0 unspecified atom stereocenters. The zero-order valence-corrected chi connectivity index (χ0v) is 9.53. The minimum atomic E-state index is 0.0377. The van der Waals surface area contributed by atoms with Gasteiger partial charge in [-0.05, 0) is 0 Å². The Labute approximate surface area is 97.2 Å². The number of oxazole rings is 1. The monoisotopic (exact) mass is 240 g/mol. The first kappa shape index (κ1) is 11.2. The number of carbonyl (C=O) groups is 2. The van der Waals surface area contributed by atoms with Gasteiger partial charge in [-0.1, -0.05) is 11.8 Å². The summed E-state index contributed by atoms with van der Waals surface area (Å²) < 4.78 is 5.02. The minimum absolute atomic E-state index is 0.0377. The Bertz CT molecular complexity index is 367. The SMILES string of the molecule is O=C1CCN(C(=O)CSc2ncco2)CC1. The molecule has 1 aliphatic heterocycles. The first-order valence-corrected chi connectivity index (χ1v) is 6.06. The van der Waals surface area contributed by atoms with Crippen molar-refractivity contribution in [3.05, 3.63) is 12.5 Å². The van der Waals surface area contributed by atoms with E-state index in [4.69, 9.17) is 4.42 Å². The molecule has 0 aromatic carbocycles. The fourth-order valence-corrected chi connectivity index (χ4v) is 2.19. The molecule has 0 saturated carbocycles. The lowest BCUT2D eigenvalue weighted by Crippen LogP contribution is -2.39. The molecule has 2 rings (SSSR count). The third kappa shape index (κ3) is 2.85. The quantitative estimate of drug-likeness (QED) is 0.736. The van der Waals surface area contributed by atoms with E-state index in [1.165, 1.54) is 18.0 Å². The molecule has 1 saturated heterocycles. The average molecular weight is 240 g/mol. The fourth-order valence-electron chi connectivity index (χ4n) is 1.50. The normalized spacial score (nSPS) is 16.5. The number of piperidine rings is 1. The van der Waals surface area contributed by atoms with Crippen LogP contribution < -0.4 is 0 Å². The number of amides is 1. The van der Waals surface area contributed by atoms with Crippen molar-refractivity contribution in [3.8, 4) is 0 Å². The van der Waals surface area contributed by atoms with Crippen LogP contribution in [0.25, 0.3) is 0 Å². The number of ketones is 1. The van der Waals surface area contributed by atoms with Gasteiger partial charge in [0.1, 0.15) is 12.0 Å². The molecule has 0 aliphatic carbocycles. The highest BCUT2D eigenvalue weighted by Gasteiger charge is 2.20. The molecule has 1 amide bonds. The van der Waals surface area contributed by atoms with Gasteiger partial charge < -0.3 is 9.32 Å². The van der Waals surface area contributed by atoms with Crippen LogP contribution in [0.4, 0.5) is 0 Å². The van der Waals surface area contributed by atoms with Gasteiger partial charge in [0.15, 0.2) is 0 Å². The molecule has 6 heteroatoms. The van der Waals surface area contributed by atoms with E-state index >= 15 is 0 Å². The fraction of sp³-hybridized carbons (Fsp3) is 0.500. The lowest BCUT2D eigenvalue weighted by Gasteiger charge is -2.25. The number of nitrogens with zero attached hydrogens (tertiary/aromatic N) is 2. The molecule has 1 fully saturated rings. The molecule has 0 N–H and O–H groups in total. The first-order chi connectivity index (χ1) is 7.75. The van der Waals surface area contributed by atoms with E-state index in [-0.39, 0.29) is 11.7 Å². The minimum Gasteiger partial charge on any atom is -0.440 e. The predicted molar refractivity (Wildman–Crippen MR) is 58.0 cm³/mol. The molecule has 0 radical (unpaired) electrons. The van der Waals surface area contributed by atoms with Crippen LogP contribution in [0.15, 0.2) is 22.1 Å². The van der Waals surface area contributed by atoms with Crippen LogP contribution in [-0.2, 0) is 9.59 Å². The van der Waals surface area contributed by atoms with E-state index in [9.17, 15) is 9.59 Å². The lowest BCUT2D eigenvalue weighted by molar-refractivity contribution is -0.132. The van der Waals surface area contributed by atoms with Crippen molar-refractivity contribution in [1.29, 1.82) is 0 Å². The van der Waals surface area contributed by atoms with Crippen LogP contribution in [0.3, 0.4) is 0 Å². The van der Waals surface area contributed by atoms with Crippen molar-refractivity contribution >= 4 is 23.5 Å². The molecule has 16 heavy (non-hydrogen) atoms. The molecule has 1 aromatic heterocycles. The molecule has 86 valence electrons. The smallest absolute Gasteiger partial charge is 0.256 e. The van der Waals surface area contributed by atoms with Gasteiger partial charge in [-0.15, -0.1) is 0 Å². The summed E-state index contributed by atoms with van der Waals surface area (Å²) in [7, 11) is 0. The summed E-state index contributed by atoms with van der Waals surface area (Å²) in [6.45, 7) is 1.09. The molecule has 2 heterocycles. The van der Waals surface area contributed by atoms with Crippen LogP contribution in [0, 0.1) is 0 Å². The highest BCUT2D eigenvalue weighted by molar-refractivity contribution is 7.99. The number of Topliss-reactive ketones (excluding diaryl/α,β-unsaturated/α-hetero) is 1. The Kier molecular flexibility index (Phi) is 3.61. The van der Waals surface area contributed by atoms with E-state index in [1.54, 1.807) is 11.1 Å². The third-order valence-electron chi connectivity index (χ3n) is 2.40. The van der Waals surface area contributed by atoms with Gasteiger partial charge in [0.25, 0.3) is 5.22 Å². The van der Waals surface area contributed by atoms with Crippen molar-refractivity contribution in [3.63, 3.8) is 0 Å². The van der Waals surface area contributed by atoms with Crippen LogP contribution in [-0.4, -0.2) is 40.4 Å². The number of hydrogen-bond acceptors (Lipinski definition) is 5. The topological polar surface area (TPSA) is 63.4 Å². The summed E-state index contributed by atoms with van der Waals surface area (Å²) in [4.78, 5) is 28.4. The van der Waals surface area contributed by atoms with E-state index in [2.05, 4.69) is 4.98 Å². The number of hydrogen-bond donors (Lipinski definition) is 0. The molecular formula is C10H12N2O3S. The maximum atomic E-state index is 11.7. The Morgan fingerprint density at radius 3 is 2.88 bits per heavy atom. The summed E-state index contributed by atoms with van der Waals surface area (Å²) in [5.41, 5.74) is 0. The van der Waals surface area contributed by atoms with Gasteiger partial charge in [0.2, 0.25) is 5.91 Å². The largest absolute Gasteiger partial charge is 0.440 e. The molecule has 1 aromatic rings. The van der Waals surface area contributed by atoms with Crippen LogP contribution in [0.5, 0.6) is 0 Å². The molecular weight excluding hydrogens is 228 g/mol. The third-order valence-corrected chi connectivity index (χ3v) is 3.24. The van der Waals surface area contributed by atoms with Gasteiger partial charge in [-0.25, -0.2) is 4.98 Å². The van der Waals surface area contributed by atoms with Crippen molar-refractivity contribution in [1.82, 2.24) is 9.88 Å². The second-order valence-corrected chi connectivity index (χ2v) is 4.43. The van der Waals surface area contributed by atoms with E-state index < -0.39 is 0 Å². The average Bonchev–Trinajstić information content (AvgIpc) is 2.80. The highest BCUT2D eigenvalue weighted by Crippen LogP contribution is 2.16. The molecule has 5 nitrogen and oxygen atoms in total. The van der Waals surface area contributed by atoms with E-state index in [1.807, 2.05) is 0 Å². The van der Waals surface area contributed by atoms with Crippen LogP contribution >= 0.6 is 11.8 Å². The summed E-state index contributed by atoms with van der Waals surface area (Å²) in [5.74, 6) is 0.592. The van der Waals surface area contributed by atoms with Crippen LogP contribution in [0.2, 0.25) is 0 Å². The molecule has 0 spiro atoms. The second-order valence-electron chi connectivity index (χ2n) is 3.51. The van der Waals surface area contributed by atoms with Crippen LogP contribution in [0.1, 0.15) is 12.8 Å². The Morgan fingerprint density at radius 2 is 2.25 bits per heavy atom. The molecule has 1 aliphatic rings. The van der Waals surface area contributed by atoms with Crippen molar-refractivity contribution in [2.24, 2.45) is 0 Å². The summed E-state index contributed by atoms with van der Waals surface area (Å²) >= 11 is 1.28. The van der Waals surface area contributed by atoms with Crippen molar-refractivity contribution in [2.45, 2.75) is 18.1 Å². The van der Waals surface area contributed by atoms with Gasteiger partial charge in [-0.2, -0.15) is 0 Å². The summed E-state index contributed by atoms with van der Waals surface area (Å²) in [6, 6.07) is 0. The Morgan fingerprint density at radius 1 is 1.50 bits per heavy atom. The molecule has 0 atom stereocenters. The number of carbonyl (C=O) groups excluding carboxylic acids is 2. The predicted octanol–water partition coefficient (Wildman–Crippen LogP) is 0.958. The number of aromatic nitrogens is 1. The van der Waals surface area contributed by atoms with Crippen molar-refractivity contribution in [2.75, 3.05) is 18.8 Å². The standard InChI is InChI=1S/C10H12N2O3S/c13-8-1-4-12(5-2-8)9(14)7-16-10-11-3-6-15-10/h3,6H,1-2,4-5,7H2. The number of thioether (sulfide) groups is 1. The first-order valence-electron chi connectivity index (χ1n) is 5.07. The molecule has 0 bridgehead atoms. The Hall–Kier alpha value is -1.30. The maximum absolute atomic E-state index is 11.7. The lowest BCUT2D eigenvalue weighted by atomic mass is 10.1. The van der Waals surface area contributed by atoms with Gasteiger partial charge in [0, 0.05) is 25.9 Å². The highest BCUT2D eigenvalue weighted by atomic mass is 32.2. The van der Waals surface area contributed by atoms with Gasteiger partial charge >= 0.3 is 0 Å². The maximum Gasteiger partial charge on any atom is 0.256 e. The van der Waals surface area contributed by atoms with Gasteiger partial charge in [0.05, 0.1) is 11.9 Å². The van der Waals surface area contributed by atoms with E-state index in [0.29, 0.717) is 36.9 Å². The Balaban J connectivity index is 1.77. The second kappa shape index (κ2) is 5.16. The van der Waals surface area contributed by atoms with Gasteiger partial charge in [-0.3, -0.25) is 9.59 Å². The van der Waals surface area contributed by atoms with Crippen molar-refractivity contribution < 1.29 is 14.0 Å². The number of likely N-dealkylation sites (tertiary alicyclic amines) is 1. The summed E-state index contributed by atoms with van der Waals surface area (Å²) in [5, 5.41) is 0.501. The number of rotatable bonds is 3. The summed E-state index contributed by atoms with van der Waals surface area (Å²) in [6.07, 6.45) is 3.99.